The van der Waals surface area contributed by atoms with Crippen LogP contribution in [0.3, 0.4) is 0 Å². The summed E-state index contributed by atoms with van der Waals surface area (Å²) < 4.78 is 0. The average molecular weight is 726 g/mol. The molecule has 10 rings (SSSR count). The maximum atomic E-state index is 2.44. The molecule has 0 spiro atoms. The van der Waals surface area contributed by atoms with Gasteiger partial charge < -0.3 is 4.90 Å². The van der Waals surface area contributed by atoms with Gasteiger partial charge in [-0.15, -0.1) is 0 Å². The molecular weight excluding hydrogens is 687 g/mol. The zero-order chi connectivity index (χ0) is 38.0. The van der Waals surface area contributed by atoms with E-state index in [4.69, 9.17) is 0 Å². The van der Waals surface area contributed by atoms with Crippen molar-refractivity contribution in [2.45, 2.75) is 0 Å². The van der Waals surface area contributed by atoms with Crippen LogP contribution >= 0.6 is 0 Å². The number of nitrogens with zero attached hydrogens (tertiary/aromatic N) is 1. The first-order valence-electron chi connectivity index (χ1n) is 19.6. The number of rotatable bonds is 8. The largest absolute Gasteiger partial charge is 0.310 e. The highest BCUT2D eigenvalue weighted by Gasteiger charge is 2.22. The number of hydrogen-bond acceptors (Lipinski definition) is 1. The Balaban J connectivity index is 1.20. The van der Waals surface area contributed by atoms with Crippen LogP contribution in [0.2, 0.25) is 0 Å². The molecule has 0 aromatic heterocycles. The van der Waals surface area contributed by atoms with Crippen LogP contribution in [0.25, 0.3) is 77.2 Å². The van der Waals surface area contributed by atoms with Crippen LogP contribution in [0, 0.1) is 0 Å². The Bertz CT molecular complexity index is 2990. The first-order chi connectivity index (χ1) is 28.3. The minimum atomic E-state index is 1.08. The van der Waals surface area contributed by atoms with E-state index in [0.717, 1.165) is 17.1 Å². The average Bonchev–Trinajstić information content (AvgIpc) is 3.30. The third-order valence-electron chi connectivity index (χ3n) is 11.0. The summed E-state index contributed by atoms with van der Waals surface area (Å²) in [5.74, 6) is 0. The molecule has 0 amide bonds. The number of anilines is 3. The quantitative estimate of drug-likeness (QED) is 0.151. The van der Waals surface area contributed by atoms with E-state index >= 15 is 0 Å². The third-order valence-corrected chi connectivity index (χ3v) is 11.0. The van der Waals surface area contributed by atoms with Crippen molar-refractivity contribution in [1.82, 2.24) is 0 Å². The fourth-order valence-electron chi connectivity index (χ4n) is 8.24. The van der Waals surface area contributed by atoms with Gasteiger partial charge in [-0.3, -0.25) is 0 Å². The van der Waals surface area contributed by atoms with Gasteiger partial charge in [0.2, 0.25) is 0 Å². The molecule has 0 unspecified atom stereocenters. The Morgan fingerprint density at radius 2 is 0.754 bits per heavy atom. The van der Waals surface area contributed by atoms with Crippen LogP contribution in [0.1, 0.15) is 0 Å². The molecule has 0 atom stereocenters. The summed E-state index contributed by atoms with van der Waals surface area (Å²) in [6.07, 6.45) is 0. The van der Waals surface area contributed by atoms with Crippen LogP contribution in [0.15, 0.2) is 237 Å². The second-order valence-electron chi connectivity index (χ2n) is 14.5. The lowest BCUT2D eigenvalue weighted by atomic mass is 9.88. The monoisotopic (exact) mass is 725 g/mol. The minimum Gasteiger partial charge on any atom is -0.310 e. The van der Waals surface area contributed by atoms with Crippen LogP contribution < -0.4 is 4.90 Å². The van der Waals surface area contributed by atoms with E-state index in [-0.39, 0.29) is 0 Å². The second kappa shape index (κ2) is 15.0. The van der Waals surface area contributed by atoms with E-state index in [0.29, 0.717) is 0 Å². The Morgan fingerprint density at radius 3 is 1.49 bits per heavy atom. The zero-order valence-electron chi connectivity index (χ0n) is 31.5. The van der Waals surface area contributed by atoms with Crippen LogP contribution in [0.5, 0.6) is 0 Å². The summed E-state index contributed by atoms with van der Waals surface area (Å²) >= 11 is 0. The molecule has 10 aromatic rings. The molecule has 0 bridgehead atoms. The van der Waals surface area contributed by atoms with E-state index in [1.807, 2.05) is 0 Å². The molecule has 0 aliphatic heterocycles. The van der Waals surface area contributed by atoms with Gasteiger partial charge in [-0.2, -0.15) is 0 Å². The van der Waals surface area contributed by atoms with Gasteiger partial charge in [-0.1, -0.05) is 194 Å². The minimum absolute atomic E-state index is 1.08. The first-order valence-corrected chi connectivity index (χ1v) is 19.6. The lowest BCUT2D eigenvalue weighted by molar-refractivity contribution is 1.28. The topological polar surface area (TPSA) is 3.24 Å². The van der Waals surface area contributed by atoms with E-state index < -0.39 is 0 Å². The molecule has 1 heteroatoms. The highest BCUT2D eigenvalue weighted by molar-refractivity contribution is 6.07. The predicted octanol–water partition coefficient (Wildman–Crippen LogP) is 15.8. The van der Waals surface area contributed by atoms with Crippen molar-refractivity contribution in [1.29, 1.82) is 0 Å². The smallest absolute Gasteiger partial charge is 0.0546 e. The third kappa shape index (κ3) is 6.66. The maximum absolute atomic E-state index is 2.44. The van der Waals surface area contributed by atoms with Crippen LogP contribution in [-0.4, -0.2) is 0 Å². The van der Waals surface area contributed by atoms with Gasteiger partial charge in [0.15, 0.2) is 0 Å². The molecule has 0 fully saturated rings. The molecule has 1 nitrogen and oxygen atoms in total. The normalized spacial score (nSPS) is 11.2. The Morgan fingerprint density at radius 1 is 0.246 bits per heavy atom. The highest BCUT2D eigenvalue weighted by Crippen LogP contribution is 2.48. The Kier molecular flexibility index (Phi) is 8.95. The van der Waals surface area contributed by atoms with Gasteiger partial charge in [-0.05, 0) is 114 Å². The molecule has 0 heterocycles. The molecule has 0 saturated carbocycles. The highest BCUT2D eigenvalue weighted by atomic mass is 15.1. The van der Waals surface area contributed by atoms with Crippen molar-refractivity contribution in [3.8, 4) is 55.6 Å². The van der Waals surface area contributed by atoms with Crippen LogP contribution in [-0.2, 0) is 0 Å². The van der Waals surface area contributed by atoms with Crippen molar-refractivity contribution >= 4 is 38.6 Å². The number of benzene rings is 10. The Labute approximate surface area is 334 Å². The van der Waals surface area contributed by atoms with E-state index in [2.05, 4.69) is 241 Å². The fraction of sp³-hybridized carbons (Fsp3) is 0. The van der Waals surface area contributed by atoms with E-state index in [1.54, 1.807) is 0 Å². The van der Waals surface area contributed by atoms with Gasteiger partial charge >= 0.3 is 0 Å². The molecule has 0 N–H and O–H groups in total. The molecule has 10 aromatic carbocycles. The summed E-state index contributed by atoms with van der Waals surface area (Å²) in [6, 6.07) is 85.8. The van der Waals surface area contributed by atoms with Crippen molar-refractivity contribution in [3.05, 3.63) is 237 Å². The number of hydrogen-bond donors (Lipinski definition) is 0. The van der Waals surface area contributed by atoms with Crippen molar-refractivity contribution in [3.63, 3.8) is 0 Å². The first kappa shape index (κ1) is 34.0. The van der Waals surface area contributed by atoms with Crippen molar-refractivity contribution in [2.75, 3.05) is 4.90 Å². The molecule has 268 valence electrons. The van der Waals surface area contributed by atoms with Gasteiger partial charge in [0.25, 0.3) is 0 Å². The fourth-order valence-corrected chi connectivity index (χ4v) is 8.24. The SMILES string of the molecule is c1ccc(-c2cccc(-c3ccc(N(c4cccc(-c5ccccc5)c4)c4cccc(-c5ccc6ccccc6c5)c4-c4cccc5ccccc45)cc3)c2)cc1. The van der Waals surface area contributed by atoms with Crippen molar-refractivity contribution < 1.29 is 0 Å². The molecule has 0 aliphatic carbocycles. The summed E-state index contributed by atoms with van der Waals surface area (Å²) in [5.41, 5.74) is 15.2. The maximum Gasteiger partial charge on any atom is 0.0546 e. The summed E-state index contributed by atoms with van der Waals surface area (Å²) in [5, 5.41) is 4.90. The molecule has 0 saturated heterocycles. The molecule has 0 radical (unpaired) electrons. The van der Waals surface area contributed by atoms with Gasteiger partial charge in [0, 0.05) is 16.9 Å². The van der Waals surface area contributed by atoms with Crippen molar-refractivity contribution in [2.24, 2.45) is 0 Å². The molecule has 0 aliphatic rings. The summed E-state index contributed by atoms with van der Waals surface area (Å²) in [6.45, 7) is 0. The summed E-state index contributed by atoms with van der Waals surface area (Å²) in [7, 11) is 0. The van der Waals surface area contributed by atoms with Gasteiger partial charge in [0.05, 0.1) is 5.69 Å². The predicted molar refractivity (Wildman–Crippen MR) is 243 cm³/mol. The van der Waals surface area contributed by atoms with Gasteiger partial charge in [-0.25, -0.2) is 0 Å². The Hall–Kier alpha value is -7.48. The second-order valence-corrected chi connectivity index (χ2v) is 14.5. The standard InChI is InChI=1S/C56H39N/c1-3-15-40(16-4-1)46-23-11-24-47(37-46)43-33-35-50(36-34-43)57(51-26-12-25-48(39-51)41-17-5-2-6-18-41)55-30-14-28-53(49-32-31-42-19-7-8-21-45(42)38-49)56(55)54-29-13-22-44-20-9-10-27-52(44)54/h1-39H. The lowest BCUT2D eigenvalue weighted by Gasteiger charge is -2.30. The molecule has 57 heavy (non-hydrogen) atoms. The summed E-state index contributed by atoms with van der Waals surface area (Å²) in [4.78, 5) is 2.44. The van der Waals surface area contributed by atoms with Gasteiger partial charge in [0.1, 0.15) is 0 Å². The molecular formula is C56H39N. The lowest BCUT2D eigenvalue weighted by Crippen LogP contribution is -2.12. The number of fused-ring (bicyclic) bond motifs is 2. The van der Waals surface area contributed by atoms with Crippen LogP contribution in [0.4, 0.5) is 17.1 Å². The van der Waals surface area contributed by atoms with E-state index in [9.17, 15) is 0 Å². The van der Waals surface area contributed by atoms with E-state index in [1.165, 1.54) is 77.2 Å². The zero-order valence-corrected chi connectivity index (χ0v) is 31.5.